The summed E-state index contributed by atoms with van der Waals surface area (Å²) in [5, 5.41) is 10.3. The van der Waals surface area contributed by atoms with E-state index in [2.05, 4.69) is 20.9 Å². The van der Waals surface area contributed by atoms with Gasteiger partial charge < -0.3 is 15.7 Å². The number of phenolic OH excluding ortho intramolecular Hbond substituents is 1. The lowest BCUT2D eigenvalue weighted by Crippen LogP contribution is -2.27. The van der Waals surface area contributed by atoms with Gasteiger partial charge in [-0.05, 0) is 54.4 Å². The van der Waals surface area contributed by atoms with Crippen molar-refractivity contribution < 1.29 is 13.9 Å². The molecule has 0 bridgehead atoms. The van der Waals surface area contributed by atoms with E-state index in [1.54, 1.807) is 30.3 Å². The standard InChI is InChI=1S/C21H18BrF2N3O/c22-13-4-5-19(28)15(10-13)18-8-12(21-16(23)2-1-3-17(21)24)9-20(26-18)27-7-6-14(25)11-27/h1-5,8-10,14,28H,6-7,11,25H2. The maximum Gasteiger partial charge on any atom is 0.133 e. The molecule has 1 aliphatic rings. The van der Waals surface area contributed by atoms with E-state index in [1.165, 1.54) is 18.2 Å². The third kappa shape index (κ3) is 3.59. The van der Waals surface area contributed by atoms with Crippen molar-refractivity contribution in [2.75, 3.05) is 18.0 Å². The minimum Gasteiger partial charge on any atom is -0.507 e. The Morgan fingerprint density at radius 3 is 2.54 bits per heavy atom. The van der Waals surface area contributed by atoms with Gasteiger partial charge in [-0.25, -0.2) is 13.8 Å². The molecule has 0 aliphatic carbocycles. The van der Waals surface area contributed by atoms with E-state index < -0.39 is 11.6 Å². The van der Waals surface area contributed by atoms with E-state index in [0.717, 1.165) is 10.9 Å². The molecule has 0 radical (unpaired) electrons. The van der Waals surface area contributed by atoms with Crippen LogP contribution in [0.4, 0.5) is 14.6 Å². The van der Waals surface area contributed by atoms with Crippen LogP contribution < -0.4 is 10.6 Å². The Balaban J connectivity index is 1.92. The van der Waals surface area contributed by atoms with Crippen molar-refractivity contribution in [1.82, 2.24) is 4.98 Å². The Hall–Kier alpha value is -2.51. The number of nitrogens with zero attached hydrogens (tertiary/aromatic N) is 2. The fraction of sp³-hybridized carbons (Fsp3) is 0.190. The molecule has 7 heteroatoms. The minimum absolute atomic E-state index is 0.0263. The summed E-state index contributed by atoms with van der Waals surface area (Å²) in [6, 6.07) is 12.0. The number of aromatic nitrogens is 1. The van der Waals surface area contributed by atoms with Crippen LogP contribution in [0.3, 0.4) is 0 Å². The lowest BCUT2D eigenvalue weighted by Gasteiger charge is -2.20. The van der Waals surface area contributed by atoms with Gasteiger partial charge in [0.25, 0.3) is 0 Å². The quantitative estimate of drug-likeness (QED) is 0.613. The molecule has 1 aromatic heterocycles. The lowest BCUT2D eigenvalue weighted by molar-refractivity contribution is 0.477. The van der Waals surface area contributed by atoms with Crippen molar-refractivity contribution in [3.05, 3.63) is 64.6 Å². The van der Waals surface area contributed by atoms with Gasteiger partial charge in [-0.3, -0.25) is 0 Å². The Morgan fingerprint density at radius 2 is 1.86 bits per heavy atom. The number of benzene rings is 2. The molecule has 2 aromatic carbocycles. The molecule has 3 N–H and O–H groups in total. The van der Waals surface area contributed by atoms with Crippen molar-refractivity contribution in [2.45, 2.75) is 12.5 Å². The molecule has 0 amide bonds. The zero-order valence-corrected chi connectivity index (χ0v) is 16.5. The molecule has 4 rings (SSSR count). The molecule has 1 unspecified atom stereocenters. The van der Waals surface area contributed by atoms with Gasteiger partial charge in [-0.2, -0.15) is 0 Å². The van der Waals surface area contributed by atoms with Gasteiger partial charge in [0.15, 0.2) is 0 Å². The van der Waals surface area contributed by atoms with E-state index in [1.807, 2.05) is 4.90 Å². The number of halogens is 3. The number of hydrogen-bond donors (Lipinski definition) is 2. The van der Waals surface area contributed by atoms with E-state index in [9.17, 15) is 13.9 Å². The average molecular weight is 446 g/mol. The Labute approximate surface area is 169 Å². The van der Waals surface area contributed by atoms with Crippen molar-refractivity contribution in [2.24, 2.45) is 5.73 Å². The summed E-state index contributed by atoms with van der Waals surface area (Å²) >= 11 is 3.39. The third-order valence-corrected chi connectivity index (χ3v) is 5.34. The van der Waals surface area contributed by atoms with Crippen LogP contribution in [0.25, 0.3) is 22.4 Å². The molecular formula is C21H18BrF2N3O. The lowest BCUT2D eigenvalue weighted by atomic mass is 10.0. The highest BCUT2D eigenvalue weighted by molar-refractivity contribution is 9.10. The van der Waals surface area contributed by atoms with E-state index in [-0.39, 0.29) is 17.4 Å². The van der Waals surface area contributed by atoms with Crippen molar-refractivity contribution in [3.8, 4) is 28.1 Å². The number of hydrogen-bond acceptors (Lipinski definition) is 4. The monoisotopic (exact) mass is 445 g/mol. The predicted molar refractivity (Wildman–Crippen MR) is 109 cm³/mol. The number of nitrogens with two attached hydrogens (primary N) is 1. The minimum atomic E-state index is -0.653. The highest BCUT2D eigenvalue weighted by Gasteiger charge is 2.23. The summed E-state index contributed by atoms with van der Waals surface area (Å²) in [4.78, 5) is 6.64. The maximum absolute atomic E-state index is 14.4. The van der Waals surface area contributed by atoms with Crippen LogP contribution in [0.5, 0.6) is 5.75 Å². The van der Waals surface area contributed by atoms with E-state index in [4.69, 9.17) is 5.73 Å². The second-order valence-electron chi connectivity index (χ2n) is 6.85. The van der Waals surface area contributed by atoms with Crippen molar-refractivity contribution in [3.63, 3.8) is 0 Å². The Kier molecular flexibility index (Phi) is 5.03. The molecule has 1 saturated heterocycles. The molecular weight excluding hydrogens is 428 g/mol. The van der Waals surface area contributed by atoms with Crippen LogP contribution in [0.15, 0.2) is 53.0 Å². The molecule has 1 fully saturated rings. The normalized spacial score (nSPS) is 16.6. The highest BCUT2D eigenvalue weighted by atomic mass is 79.9. The number of anilines is 1. The SMILES string of the molecule is NC1CCN(c2cc(-c3c(F)cccc3F)cc(-c3cc(Br)ccc3O)n2)C1. The van der Waals surface area contributed by atoms with Gasteiger partial charge >= 0.3 is 0 Å². The topological polar surface area (TPSA) is 62.4 Å². The largest absolute Gasteiger partial charge is 0.507 e. The average Bonchev–Trinajstić information content (AvgIpc) is 3.10. The number of aromatic hydroxyl groups is 1. The molecule has 4 nitrogen and oxygen atoms in total. The van der Waals surface area contributed by atoms with Gasteiger partial charge in [-0.15, -0.1) is 0 Å². The van der Waals surface area contributed by atoms with Gasteiger partial charge in [-0.1, -0.05) is 22.0 Å². The van der Waals surface area contributed by atoms with Crippen molar-refractivity contribution >= 4 is 21.7 Å². The zero-order valence-electron chi connectivity index (χ0n) is 14.9. The van der Waals surface area contributed by atoms with Crippen LogP contribution >= 0.6 is 15.9 Å². The second-order valence-corrected chi connectivity index (χ2v) is 7.77. The highest BCUT2D eigenvalue weighted by Crippen LogP contribution is 2.36. The van der Waals surface area contributed by atoms with Crippen LogP contribution in [0.1, 0.15) is 6.42 Å². The van der Waals surface area contributed by atoms with Crippen LogP contribution in [0.2, 0.25) is 0 Å². The maximum atomic E-state index is 14.4. The van der Waals surface area contributed by atoms with E-state index >= 15 is 0 Å². The first-order valence-corrected chi connectivity index (χ1v) is 9.67. The van der Waals surface area contributed by atoms with Crippen LogP contribution in [-0.4, -0.2) is 29.2 Å². The molecule has 144 valence electrons. The summed E-state index contributed by atoms with van der Waals surface area (Å²) in [6.07, 6.45) is 0.817. The smallest absolute Gasteiger partial charge is 0.133 e. The first-order valence-electron chi connectivity index (χ1n) is 8.88. The molecule has 3 aromatic rings. The Morgan fingerprint density at radius 1 is 1.11 bits per heavy atom. The third-order valence-electron chi connectivity index (χ3n) is 4.85. The number of pyridine rings is 1. The first-order chi connectivity index (χ1) is 13.4. The summed E-state index contributed by atoms with van der Waals surface area (Å²) < 4.78 is 29.6. The molecule has 1 atom stereocenters. The van der Waals surface area contributed by atoms with Gasteiger partial charge in [0.2, 0.25) is 0 Å². The Bertz CT molecular complexity index is 1020. The summed E-state index contributed by atoms with van der Waals surface area (Å²) in [5.41, 5.74) is 7.15. The summed E-state index contributed by atoms with van der Waals surface area (Å²) in [7, 11) is 0. The van der Waals surface area contributed by atoms with Crippen LogP contribution in [0, 0.1) is 11.6 Å². The van der Waals surface area contributed by atoms with Gasteiger partial charge in [0.1, 0.15) is 23.2 Å². The number of phenols is 1. The fourth-order valence-corrected chi connectivity index (χ4v) is 3.80. The van der Waals surface area contributed by atoms with Gasteiger partial charge in [0, 0.05) is 29.2 Å². The second kappa shape index (κ2) is 7.48. The summed E-state index contributed by atoms with van der Waals surface area (Å²) in [5.74, 6) is -0.701. The zero-order chi connectivity index (χ0) is 19.8. The summed E-state index contributed by atoms with van der Waals surface area (Å²) in [6.45, 7) is 1.32. The molecule has 1 aliphatic heterocycles. The molecule has 0 spiro atoms. The number of rotatable bonds is 3. The van der Waals surface area contributed by atoms with Crippen LogP contribution in [-0.2, 0) is 0 Å². The van der Waals surface area contributed by atoms with E-state index in [0.29, 0.717) is 35.7 Å². The molecule has 2 heterocycles. The fourth-order valence-electron chi connectivity index (χ4n) is 3.44. The van der Waals surface area contributed by atoms with Crippen molar-refractivity contribution in [1.29, 1.82) is 0 Å². The first kappa shape index (κ1) is 18.8. The predicted octanol–water partition coefficient (Wildman–Crippen LogP) is 4.70. The molecule has 28 heavy (non-hydrogen) atoms. The molecule has 0 saturated carbocycles. The van der Waals surface area contributed by atoms with Gasteiger partial charge in [0.05, 0.1) is 11.3 Å².